The molecule has 3 nitrogen and oxygen atoms in total. The van der Waals surface area contributed by atoms with Crippen LogP contribution in [-0.4, -0.2) is 36.4 Å². The molecule has 1 heterocycles. The molecule has 2 aliphatic rings. The van der Waals surface area contributed by atoms with Gasteiger partial charge in [-0.05, 0) is 38.1 Å². The molecule has 15 heavy (non-hydrogen) atoms. The van der Waals surface area contributed by atoms with Gasteiger partial charge in [-0.15, -0.1) is 0 Å². The van der Waals surface area contributed by atoms with Crippen LogP contribution in [0.4, 0.5) is 0 Å². The summed E-state index contributed by atoms with van der Waals surface area (Å²) in [7, 11) is 0. The van der Waals surface area contributed by atoms with Crippen LogP contribution in [0.25, 0.3) is 0 Å². The Kier molecular flexibility index (Phi) is 3.76. The van der Waals surface area contributed by atoms with E-state index in [4.69, 9.17) is 5.73 Å². The van der Waals surface area contributed by atoms with E-state index in [9.17, 15) is 4.79 Å². The maximum absolute atomic E-state index is 11.3. The number of piperidine rings is 1. The lowest BCUT2D eigenvalue weighted by Crippen LogP contribution is -2.45. The van der Waals surface area contributed by atoms with Crippen molar-refractivity contribution in [1.29, 1.82) is 0 Å². The number of rotatable bonds is 2. The number of likely N-dealkylation sites (tertiary alicyclic amines) is 1. The maximum Gasteiger partial charge on any atom is 0.133 e. The minimum Gasteiger partial charge on any atom is -0.327 e. The Labute approximate surface area is 92.0 Å². The first-order valence-electron chi connectivity index (χ1n) is 6.23. The summed E-state index contributed by atoms with van der Waals surface area (Å²) in [5.41, 5.74) is 5.95. The molecule has 2 N–H and O–H groups in total. The highest BCUT2D eigenvalue weighted by Crippen LogP contribution is 2.23. The molecule has 1 saturated heterocycles. The SMILES string of the molecule is NC1CCCN(CC2CCCC(=O)C2)C1. The predicted molar refractivity (Wildman–Crippen MR) is 60.6 cm³/mol. The molecule has 0 aromatic rings. The summed E-state index contributed by atoms with van der Waals surface area (Å²) in [6, 6.07) is 0.359. The monoisotopic (exact) mass is 210 g/mol. The average molecular weight is 210 g/mol. The molecular formula is C12H22N2O. The van der Waals surface area contributed by atoms with Crippen molar-refractivity contribution in [3.63, 3.8) is 0 Å². The molecule has 86 valence electrons. The van der Waals surface area contributed by atoms with Gasteiger partial charge in [0.05, 0.1) is 0 Å². The van der Waals surface area contributed by atoms with Crippen LogP contribution < -0.4 is 5.73 Å². The Morgan fingerprint density at radius 1 is 1.33 bits per heavy atom. The first-order valence-corrected chi connectivity index (χ1v) is 6.23. The fraction of sp³-hybridized carbons (Fsp3) is 0.917. The van der Waals surface area contributed by atoms with Crippen LogP contribution >= 0.6 is 0 Å². The van der Waals surface area contributed by atoms with Gasteiger partial charge < -0.3 is 10.6 Å². The standard InChI is InChI=1S/C12H22N2O/c13-11-4-2-6-14(9-11)8-10-3-1-5-12(15)7-10/h10-11H,1-9,13H2. The van der Waals surface area contributed by atoms with Crippen LogP contribution in [0.2, 0.25) is 0 Å². The second-order valence-corrected chi connectivity index (χ2v) is 5.16. The van der Waals surface area contributed by atoms with Gasteiger partial charge in [-0.2, -0.15) is 0 Å². The number of carbonyl (C=O) groups is 1. The van der Waals surface area contributed by atoms with Crippen molar-refractivity contribution in [3.8, 4) is 0 Å². The van der Waals surface area contributed by atoms with E-state index in [-0.39, 0.29) is 0 Å². The van der Waals surface area contributed by atoms with Crippen LogP contribution in [0, 0.1) is 5.92 Å². The van der Waals surface area contributed by atoms with Gasteiger partial charge in [-0.3, -0.25) is 4.79 Å². The number of nitrogens with two attached hydrogens (primary N) is 1. The quantitative estimate of drug-likeness (QED) is 0.744. The molecule has 1 aliphatic heterocycles. The van der Waals surface area contributed by atoms with Gasteiger partial charge >= 0.3 is 0 Å². The summed E-state index contributed by atoms with van der Waals surface area (Å²) in [6.07, 6.45) is 6.35. The van der Waals surface area contributed by atoms with Crippen molar-refractivity contribution in [2.75, 3.05) is 19.6 Å². The van der Waals surface area contributed by atoms with Crippen molar-refractivity contribution < 1.29 is 4.79 Å². The molecule has 0 amide bonds. The second-order valence-electron chi connectivity index (χ2n) is 5.16. The number of hydrogen-bond acceptors (Lipinski definition) is 3. The molecule has 2 fully saturated rings. The zero-order valence-corrected chi connectivity index (χ0v) is 9.45. The van der Waals surface area contributed by atoms with Crippen LogP contribution in [0.15, 0.2) is 0 Å². The Hall–Kier alpha value is -0.410. The van der Waals surface area contributed by atoms with Gasteiger partial charge in [0.25, 0.3) is 0 Å². The van der Waals surface area contributed by atoms with E-state index in [1.165, 1.54) is 25.8 Å². The van der Waals surface area contributed by atoms with E-state index in [2.05, 4.69) is 4.90 Å². The van der Waals surface area contributed by atoms with Gasteiger partial charge in [0, 0.05) is 32.0 Å². The molecule has 0 bridgehead atoms. The van der Waals surface area contributed by atoms with Crippen molar-refractivity contribution >= 4 is 5.78 Å². The zero-order chi connectivity index (χ0) is 10.7. The molecule has 0 radical (unpaired) electrons. The summed E-state index contributed by atoms with van der Waals surface area (Å²) in [5.74, 6) is 1.07. The third kappa shape index (κ3) is 3.28. The van der Waals surface area contributed by atoms with Gasteiger partial charge in [0.1, 0.15) is 5.78 Å². The minimum atomic E-state index is 0.359. The number of nitrogens with zero attached hydrogens (tertiary/aromatic N) is 1. The highest BCUT2D eigenvalue weighted by Gasteiger charge is 2.24. The van der Waals surface area contributed by atoms with E-state index < -0.39 is 0 Å². The lowest BCUT2D eigenvalue weighted by atomic mass is 9.87. The summed E-state index contributed by atoms with van der Waals surface area (Å²) >= 11 is 0. The molecule has 0 aromatic heterocycles. The van der Waals surface area contributed by atoms with Crippen molar-refractivity contribution in [2.45, 2.75) is 44.6 Å². The largest absolute Gasteiger partial charge is 0.327 e. The molecule has 2 atom stereocenters. The molecule has 1 saturated carbocycles. The Morgan fingerprint density at radius 2 is 2.20 bits per heavy atom. The lowest BCUT2D eigenvalue weighted by molar-refractivity contribution is -0.121. The van der Waals surface area contributed by atoms with E-state index in [0.29, 0.717) is 17.7 Å². The number of carbonyl (C=O) groups excluding carboxylic acids is 1. The highest BCUT2D eigenvalue weighted by molar-refractivity contribution is 5.79. The maximum atomic E-state index is 11.3. The van der Waals surface area contributed by atoms with Gasteiger partial charge in [-0.1, -0.05) is 0 Å². The van der Waals surface area contributed by atoms with Crippen LogP contribution in [0.1, 0.15) is 38.5 Å². The van der Waals surface area contributed by atoms with Gasteiger partial charge in [-0.25, -0.2) is 0 Å². The first kappa shape index (κ1) is 11.1. The summed E-state index contributed by atoms with van der Waals surface area (Å²) < 4.78 is 0. The molecular weight excluding hydrogens is 188 g/mol. The third-order valence-corrected chi connectivity index (χ3v) is 3.64. The Morgan fingerprint density at radius 3 is 2.93 bits per heavy atom. The van der Waals surface area contributed by atoms with Crippen LogP contribution in [0.5, 0.6) is 0 Å². The summed E-state index contributed by atoms with van der Waals surface area (Å²) in [6.45, 7) is 3.31. The van der Waals surface area contributed by atoms with E-state index in [0.717, 1.165) is 32.4 Å². The number of hydrogen-bond donors (Lipinski definition) is 1. The lowest BCUT2D eigenvalue weighted by Gasteiger charge is -2.34. The minimum absolute atomic E-state index is 0.359. The number of ketones is 1. The normalized spacial score (nSPS) is 34.3. The van der Waals surface area contributed by atoms with E-state index in [1.54, 1.807) is 0 Å². The summed E-state index contributed by atoms with van der Waals surface area (Å²) in [5, 5.41) is 0. The van der Waals surface area contributed by atoms with E-state index >= 15 is 0 Å². The molecule has 2 rings (SSSR count). The fourth-order valence-electron chi connectivity index (χ4n) is 2.89. The predicted octanol–water partition coefficient (Wildman–Crippen LogP) is 1.17. The van der Waals surface area contributed by atoms with Gasteiger partial charge in [0.2, 0.25) is 0 Å². The molecule has 1 aliphatic carbocycles. The highest BCUT2D eigenvalue weighted by atomic mass is 16.1. The van der Waals surface area contributed by atoms with Crippen molar-refractivity contribution in [2.24, 2.45) is 11.7 Å². The third-order valence-electron chi connectivity index (χ3n) is 3.64. The molecule has 0 aromatic carbocycles. The van der Waals surface area contributed by atoms with E-state index in [1.807, 2.05) is 0 Å². The molecule has 2 unspecified atom stereocenters. The first-order chi connectivity index (χ1) is 7.24. The summed E-state index contributed by atoms with van der Waals surface area (Å²) in [4.78, 5) is 13.8. The Bertz CT molecular complexity index is 230. The Balaban J connectivity index is 1.77. The number of Topliss-reactive ketones (excluding diaryl/α,β-unsaturated/α-hetero) is 1. The van der Waals surface area contributed by atoms with Crippen LogP contribution in [-0.2, 0) is 4.79 Å². The zero-order valence-electron chi connectivity index (χ0n) is 9.45. The topological polar surface area (TPSA) is 46.3 Å². The smallest absolute Gasteiger partial charge is 0.133 e. The second kappa shape index (κ2) is 5.08. The fourth-order valence-corrected chi connectivity index (χ4v) is 2.89. The van der Waals surface area contributed by atoms with Crippen molar-refractivity contribution in [3.05, 3.63) is 0 Å². The van der Waals surface area contributed by atoms with Crippen molar-refractivity contribution in [1.82, 2.24) is 4.90 Å². The molecule has 3 heteroatoms. The van der Waals surface area contributed by atoms with Crippen LogP contribution in [0.3, 0.4) is 0 Å². The average Bonchev–Trinajstić information content (AvgIpc) is 2.17. The molecule has 0 spiro atoms. The van der Waals surface area contributed by atoms with Gasteiger partial charge in [0.15, 0.2) is 0 Å².